The van der Waals surface area contributed by atoms with Gasteiger partial charge in [-0.2, -0.15) is 0 Å². The molecular formula is C16H24FN3O. The van der Waals surface area contributed by atoms with E-state index in [4.69, 9.17) is 5.73 Å². The molecule has 1 heterocycles. The zero-order valence-corrected chi connectivity index (χ0v) is 12.6. The lowest BCUT2D eigenvalue weighted by Gasteiger charge is -2.35. The van der Waals surface area contributed by atoms with Crippen molar-refractivity contribution in [3.05, 3.63) is 35.6 Å². The number of likely N-dealkylation sites (N-methyl/N-ethyl adjacent to an activating group) is 1. The number of nitrogens with zero attached hydrogens (tertiary/aromatic N) is 2. The van der Waals surface area contributed by atoms with Crippen LogP contribution in [0.2, 0.25) is 0 Å². The maximum absolute atomic E-state index is 13.6. The first-order chi connectivity index (χ1) is 10.1. The van der Waals surface area contributed by atoms with E-state index in [-0.39, 0.29) is 11.7 Å². The number of amides is 1. The van der Waals surface area contributed by atoms with Gasteiger partial charge in [0.25, 0.3) is 0 Å². The van der Waals surface area contributed by atoms with Crippen molar-refractivity contribution in [1.82, 2.24) is 9.80 Å². The highest BCUT2D eigenvalue weighted by atomic mass is 19.1. The van der Waals surface area contributed by atoms with Crippen molar-refractivity contribution in [1.29, 1.82) is 0 Å². The van der Waals surface area contributed by atoms with E-state index in [9.17, 15) is 9.18 Å². The molecule has 116 valence electrons. The highest BCUT2D eigenvalue weighted by molar-refractivity contribution is 5.78. The van der Waals surface area contributed by atoms with Gasteiger partial charge < -0.3 is 10.6 Å². The third-order valence-corrected chi connectivity index (χ3v) is 4.15. The summed E-state index contributed by atoms with van der Waals surface area (Å²) in [4.78, 5) is 16.0. The van der Waals surface area contributed by atoms with Gasteiger partial charge in [-0.3, -0.25) is 9.69 Å². The van der Waals surface area contributed by atoms with Crippen LogP contribution in [0.3, 0.4) is 0 Å². The Balaban J connectivity index is 1.91. The molecule has 0 bridgehead atoms. The van der Waals surface area contributed by atoms with Gasteiger partial charge in [-0.05, 0) is 25.5 Å². The van der Waals surface area contributed by atoms with Gasteiger partial charge in [0.05, 0.1) is 6.54 Å². The SMILES string of the molecule is CN(Cc1ccccc1F)C(=O)CN1CCCCC1CN. The van der Waals surface area contributed by atoms with Crippen LogP contribution in [-0.2, 0) is 11.3 Å². The van der Waals surface area contributed by atoms with Crippen molar-refractivity contribution >= 4 is 5.91 Å². The Kier molecular flexibility index (Phi) is 5.70. The smallest absolute Gasteiger partial charge is 0.236 e. The fraction of sp³-hybridized carbons (Fsp3) is 0.562. The molecule has 0 radical (unpaired) electrons. The van der Waals surface area contributed by atoms with Crippen LogP contribution in [0.15, 0.2) is 24.3 Å². The molecule has 0 aliphatic carbocycles. The van der Waals surface area contributed by atoms with Crippen molar-refractivity contribution in [3.8, 4) is 0 Å². The number of hydrogen-bond donors (Lipinski definition) is 1. The summed E-state index contributed by atoms with van der Waals surface area (Å²) < 4.78 is 13.6. The van der Waals surface area contributed by atoms with E-state index in [1.807, 2.05) is 0 Å². The summed E-state index contributed by atoms with van der Waals surface area (Å²) in [7, 11) is 1.72. The number of benzene rings is 1. The zero-order chi connectivity index (χ0) is 15.2. The van der Waals surface area contributed by atoms with Gasteiger partial charge in [0.1, 0.15) is 5.82 Å². The molecule has 2 N–H and O–H groups in total. The normalized spacial score (nSPS) is 19.5. The average molecular weight is 293 g/mol. The second-order valence-corrected chi connectivity index (χ2v) is 5.70. The van der Waals surface area contributed by atoms with Crippen LogP contribution in [0.25, 0.3) is 0 Å². The second kappa shape index (κ2) is 7.52. The summed E-state index contributed by atoms with van der Waals surface area (Å²) in [5.74, 6) is -0.256. The molecule has 1 fully saturated rings. The van der Waals surface area contributed by atoms with Gasteiger partial charge in [-0.15, -0.1) is 0 Å². The summed E-state index contributed by atoms with van der Waals surface area (Å²) >= 11 is 0. The molecular weight excluding hydrogens is 269 g/mol. The Labute approximate surface area is 125 Å². The van der Waals surface area contributed by atoms with Crippen LogP contribution < -0.4 is 5.73 Å². The van der Waals surface area contributed by atoms with E-state index in [0.717, 1.165) is 19.4 Å². The number of rotatable bonds is 5. The van der Waals surface area contributed by atoms with Gasteiger partial charge in [0, 0.05) is 31.7 Å². The van der Waals surface area contributed by atoms with Crippen molar-refractivity contribution in [2.75, 3.05) is 26.7 Å². The average Bonchev–Trinajstić information content (AvgIpc) is 2.50. The minimum atomic E-state index is -0.269. The van der Waals surface area contributed by atoms with E-state index in [0.29, 0.717) is 31.2 Å². The maximum Gasteiger partial charge on any atom is 0.236 e. The number of carbonyl (C=O) groups excluding carboxylic acids is 1. The molecule has 5 heteroatoms. The summed E-state index contributed by atoms with van der Waals surface area (Å²) in [5, 5.41) is 0. The number of nitrogens with two attached hydrogens (primary N) is 1. The quantitative estimate of drug-likeness (QED) is 0.897. The second-order valence-electron chi connectivity index (χ2n) is 5.70. The molecule has 1 amide bonds. The Morgan fingerprint density at radius 2 is 2.19 bits per heavy atom. The first kappa shape index (κ1) is 15.9. The zero-order valence-electron chi connectivity index (χ0n) is 12.6. The number of piperidine rings is 1. The molecule has 1 aromatic rings. The lowest BCUT2D eigenvalue weighted by atomic mass is 10.0. The van der Waals surface area contributed by atoms with Crippen molar-refractivity contribution in [2.45, 2.75) is 31.8 Å². The van der Waals surface area contributed by atoms with Gasteiger partial charge >= 0.3 is 0 Å². The van der Waals surface area contributed by atoms with Crippen molar-refractivity contribution in [2.24, 2.45) is 5.73 Å². The topological polar surface area (TPSA) is 49.6 Å². The third-order valence-electron chi connectivity index (χ3n) is 4.15. The Morgan fingerprint density at radius 1 is 1.43 bits per heavy atom. The molecule has 21 heavy (non-hydrogen) atoms. The van der Waals surface area contributed by atoms with Crippen LogP contribution in [0, 0.1) is 5.82 Å². The summed E-state index contributed by atoms with van der Waals surface area (Å²) in [6, 6.07) is 6.86. The standard InChI is InChI=1S/C16H24FN3O/c1-19(11-13-6-2-3-8-15(13)17)16(21)12-20-9-5-4-7-14(20)10-18/h2-3,6,8,14H,4-5,7,9-12,18H2,1H3. The predicted octanol–water partition coefficient (Wildman–Crippen LogP) is 1.60. The highest BCUT2D eigenvalue weighted by Crippen LogP contribution is 2.16. The molecule has 1 unspecified atom stereocenters. The monoisotopic (exact) mass is 293 g/mol. The fourth-order valence-corrected chi connectivity index (χ4v) is 2.80. The van der Waals surface area contributed by atoms with Gasteiger partial charge in [0.2, 0.25) is 5.91 Å². The number of likely N-dealkylation sites (tertiary alicyclic amines) is 1. The molecule has 4 nitrogen and oxygen atoms in total. The summed E-state index contributed by atoms with van der Waals surface area (Å²) in [5.41, 5.74) is 6.32. The fourth-order valence-electron chi connectivity index (χ4n) is 2.80. The Hall–Kier alpha value is -1.46. The van der Waals surface area contributed by atoms with Crippen LogP contribution >= 0.6 is 0 Å². The van der Waals surface area contributed by atoms with E-state index >= 15 is 0 Å². The van der Waals surface area contributed by atoms with Crippen molar-refractivity contribution in [3.63, 3.8) is 0 Å². The lowest BCUT2D eigenvalue weighted by molar-refractivity contribution is -0.132. The van der Waals surface area contributed by atoms with Crippen LogP contribution in [0.4, 0.5) is 4.39 Å². The molecule has 1 aromatic carbocycles. The predicted molar refractivity (Wildman–Crippen MR) is 81.1 cm³/mol. The van der Waals surface area contributed by atoms with E-state index < -0.39 is 0 Å². The largest absolute Gasteiger partial charge is 0.340 e. The first-order valence-corrected chi connectivity index (χ1v) is 7.53. The minimum absolute atomic E-state index is 0.0126. The maximum atomic E-state index is 13.6. The molecule has 0 spiro atoms. The first-order valence-electron chi connectivity index (χ1n) is 7.53. The third kappa shape index (κ3) is 4.25. The van der Waals surface area contributed by atoms with Crippen LogP contribution in [0.5, 0.6) is 0 Å². The van der Waals surface area contributed by atoms with Gasteiger partial charge in [-0.1, -0.05) is 24.6 Å². The number of halogens is 1. The van der Waals surface area contributed by atoms with E-state index in [1.165, 1.54) is 12.5 Å². The lowest BCUT2D eigenvalue weighted by Crippen LogP contribution is -2.48. The molecule has 1 saturated heterocycles. The molecule has 0 saturated carbocycles. The van der Waals surface area contributed by atoms with Crippen LogP contribution in [0.1, 0.15) is 24.8 Å². The highest BCUT2D eigenvalue weighted by Gasteiger charge is 2.24. The molecule has 1 aliphatic rings. The van der Waals surface area contributed by atoms with Crippen LogP contribution in [-0.4, -0.2) is 48.4 Å². The van der Waals surface area contributed by atoms with E-state index in [1.54, 1.807) is 30.1 Å². The molecule has 1 aliphatic heterocycles. The van der Waals surface area contributed by atoms with Crippen molar-refractivity contribution < 1.29 is 9.18 Å². The summed E-state index contributed by atoms with van der Waals surface area (Å²) in [6.07, 6.45) is 3.35. The Morgan fingerprint density at radius 3 is 2.90 bits per heavy atom. The van der Waals surface area contributed by atoms with Gasteiger partial charge in [0.15, 0.2) is 0 Å². The molecule has 1 atom stereocenters. The number of hydrogen-bond acceptors (Lipinski definition) is 3. The van der Waals surface area contributed by atoms with E-state index in [2.05, 4.69) is 4.90 Å². The minimum Gasteiger partial charge on any atom is -0.340 e. The summed E-state index contributed by atoms with van der Waals surface area (Å²) in [6.45, 7) is 2.17. The molecule has 2 rings (SSSR count). The van der Waals surface area contributed by atoms with Gasteiger partial charge in [-0.25, -0.2) is 4.39 Å². The Bertz CT molecular complexity index is 480. The number of carbonyl (C=O) groups is 1. The molecule has 0 aromatic heterocycles.